The second-order valence-corrected chi connectivity index (χ2v) is 5.40. The van der Waals surface area contributed by atoms with E-state index in [4.69, 9.17) is 4.42 Å². The Kier molecular flexibility index (Phi) is 4.32. The molecule has 2 aromatic heterocycles. The summed E-state index contributed by atoms with van der Waals surface area (Å²) in [6.45, 7) is 2.45. The summed E-state index contributed by atoms with van der Waals surface area (Å²) in [6, 6.07) is 9.83. The van der Waals surface area contributed by atoms with Gasteiger partial charge in [0.25, 0.3) is 0 Å². The van der Waals surface area contributed by atoms with Crippen molar-refractivity contribution in [1.82, 2.24) is 20.1 Å². The maximum Gasteiger partial charge on any atom is 0.311 e. The number of hydrogen-bond donors (Lipinski definition) is 0. The van der Waals surface area contributed by atoms with Gasteiger partial charge in [-0.1, -0.05) is 31.2 Å². The van der Waals surface area contributed by atoms with Crippen LogP contribution in [0.4, 0.5) is 0 Å². The molecule has 6 nitrogen and oxygen atoms in total. The van der Waals surface area contributed by atoms with Gasteiger partial charge in [0.2, 0.25) is 5.89 Å². The van der Waals surface area contributed by atoms with Crippen molar-refractivity contribution in [3.05, 3.63) is 53.9 Å². The lowest BCUT2D eigenvalue weighted by Crippen LogP contribution is -2.26. The van der Waals surface area contributed by atoms with Gasteiger partial charge in [0, 0.05) is 31.6 Å². The van der Waals surface area contributed by atoms with Crippen LogP contribution in [0.5, 0.6) is 0 Å². The Labute approximate surface area is 134 Å². The molecule has 6 heteroatoms. The Bertz CT molecular complexity index is 823. The fourth-order valence-electron chi connectivity index (χ4n) is 2.44. The lowest BCUT2D eigenvalue weighted by atomic mass is 10.1. The van der Waals surface area contributed by atoms with Crippen LogP contribution >= 0.6 is 0 Å². The zero-order chi connectivity index (χ0) is 16.2. The number of fused-ring (bicyclic) bond motifs is 1. The molecule has 3 rings (SSSR count). The molecule has 1 aromatic carbocycles. The summed E-state index contributed by atoms with van der Waals surface area (Å²) >= 11 is 0. The number of nitrogens with zero attached hydrogens (tertiary/aromatic N) is 4. The Morgan fingerprint density at radius 1 is 1.22 bits per heavy atom. The third kappa shape index (κ3) is 3.21. The Balaban J connectivity index is 1.79. The van der Waals surface area contributed by atoms with Gasteiger partial charge >= 0.3 is 11.8 Å². The van der Waals surface area contributed by atoms with E-state index in [1.165, 1.54) is 0 Å². The van der Waals surface area contributed by atoms with Crippen LogP contribution in [0.1, 0.15) is 35.5 Å². The van der Waals surface area contributed by atoms with E-state index in [-0.39, 0.29) is 11.8 Å². The van der Waals surface area contributed by atoms with Gasteiger partial charge in [-0.05, 0) is 18.1 Å². The molecule has 0 aliphatic rings. The Morgan fingerprint density at radius 3 is 2.87 bits per heavy atom. The third-order valence-electron chi connectivity index (χ3n) is 3.58. The highest BCUT2D eigenvalue weighted by atomic mass is 16.4. The number of hydrogen-bond acceptors (Lipinski definition) is 5. The molecule has 3 aromatic rings. The minimum absolute atomic E-state index is 0.0316. The van der Waals surface area contributed by atoms with Crippen LogP contribution in [0.15, 0.2) is 40.9 Å². The van der Waals surface area contributed by atoms with Crippen molar-refractivity contribution in [3.8, 4) is 0 Å². The number of para-hydroxylation sites is 1. The molecule has 0 saturated carbocycles. The molecule has 0 saturated heterocycles. The summed E-state index contributed by atoms with van der Waals surface area (Å²) in [4.78, 5) is 18.4. The second kappa shape index (κ2) is 6.56. The van der Waals surface area contributed by atoms with Crippen molar-refractivity contribution in [2.45, 2.75) is 26.3 Å². The highest BCUT2D eigenvalue weighted by molar-refractivity contribution is 5.89. The van der Waals surface area contributed by atoms with E-state index in [0.717, 1.165) is 22.9 Å². The number of benzene rings is 1. The highest BCUT2D eigenvalue weighted by Crippen LogP contribution is 2.18. The minimum atomic E-state index is -0.284. The summed E-state index contributed by atoms with van der Waals surface area (Å²) in [6.07, 6.45) is 3.33. The summed E-state index contributed by atoms with van der Waals surface area (Å²) in [7, 11) is 1.72. The van der Waals surface area contributed by atoms with Gasteiger partial charge in [0.1, 0.15) is 0 Å². The van der Waals surface area contributed by atoms with E-state index in [9.17, 15) is 4.79 Å². The Morgan fingerprint density at radius 2 is 2.04 bits per heavy atom. The predicted molar refractivity (Wildman–Crippen MR) is 85.8 cm³/mol. The van der Waals surface area contributed by atoms with E-state index in [1.54, 1.807) is 18.1 Å². The summed E-state index contributed by atoms with van der Waals surface area (Å²) in [5, 5.41) is 8.78. The summed E-state index contributed by atoms with van der Waals surface area (Å²) < 4.78 is 5.40. The van der Waals surface area contributed by atoms with Gasteiger partial charge in [-0.15, -0.1) is 10.2 Å². The minimum Gasteiger partial charge on any atom is -0.417 e. The average Bonchev–Trinajstić information content (AvgIpc) is 3.03. The SMILES string of the molecule is CCCc1nnc(C(=O)N(C)Cc2cccc3cccnc23)o1. The molecule has 0 aliphatic heterocycles. The summed E-state index contributed by atoms with van der Waals surface area (Å²) in [5.74, 6) is 0.244. The van der Waals surface area contributed by atoms with E-state index in [1.807, 2.05) is 37.3 Å². The van der Waals surface area contributed by atoms with Crippen molar-refractivity contribution >= 4 is 16.8 Å². The van der Waals surface area contributed by atoms with Crippen LogP contribution in [0.25, 0.3) is 10.9 Å². The molecular formula is C17H18N4O2. The number of rotatable bonds is 5. The number of aromatic nitrogens is 3. The van der Waals surface area contributed by atoms with Gasteiger partial charge in [-0.2, -0.15) is 0 Å². The van der Waals surface area contributed by atoms with Crippen LogP contribution < -0.4 is 0 Å². The van der Waals surface area contributed by atoms with Crippen molar-refractivity contribution in [1.29, 1.82) is 0 Å². The van der Waals surface area contributed by atoms with E-state index in [0.29, 0.717) is 18.9 Å². The number of aryl methyl sites for hydroxylation is 1. The zero-order valence-electron chi connectivity index (χ0n) is 13.2. The van der Waals surface area contributed by atoms with E-state index >= 15 is 0 Å². The zero-order valence-corrected chi connectivity index (χ0v) is 13.2. The first-order chi connectivity index (χ1) is 11.2. The van der Waals surface area contributed by atoms with E-state index < -0.39 is 0 Å². The maximum atomic E-state index is 12.4. The first-order valence-corrected chi connectivity index (χ1v) is 7.59. The lowest BCUT2D eigenvalue weighted by molar-refractivity contribution is 0.0744. The normalized spacial score (nSPS) is 10.9. The lowest BCUT2D eigenvalue weighted by Gasteiger charge is -2.16. The van der Waals surface area contributed by atoms with Gasteiger partial charge in [0.05, 0.1) is 5.52 Å². The average molecular weight is 310 g/mol. The molecule has 0 radical (unpaired) electrons. The maximum absolute atomic E-state index is 12.4. The highest BCUT2D eigenvalue weighted by Gasteiger charge is 2.19. The molecule has 0 aliphatic carbocycles. The van der Waals surface area contributed by atoms with Crippen LogP contribution in [0, 0.1) is 0 Å². The second-order valence-electron chi connectivity index (χ2n) is 5.40. The standard InChI is InChI=1S/C17H18N4O2/c1-3-6-14-19-20-16(23-14)17(22)21(2)11-13-8-4-7-12-9-5-10-18-15(12)13/h4-5,7-10H,3,6,11H2,1-2H3. The topological polar surface area (TPSA) is 72.1 Å². The molecule has 23 heavy (non-hydrogen) atoms. The van der Waals surface area contributed by atoms with Gasteiger partial charge in [-0.3, -0.25) is 9.78 Å². The van der Waals surface area contributed by atoms with Gasteiger partial charge in [0.15, 0.2) is 0 Å². The first-order valence-electron chi connectivity index (χ1n) is 7.59. The van der Waals surface area contributed by atoms with Crippen LogP contribution in [0.2, 0.25) is 0 Å². The fraction of sp³-hybridized carbons (Fsp3) is 0.294. The van der Waals surface area contributed by atoms with Gasteiger partial charge in [-0.25, -0.2) is 0 Å². The smallest absolute Gasteiger partial charge is 0.311 e. The van der Waals surface area contributed by atoms with Crippen molar-refractivity contribution in [3.63, 3.8) is 0 Å². The predicted octanol–water partition coefficient (Wildman–Crippen LogP) is 2.84. The molecule has 2 heterocycles. The number of carbonyl (C=O) groups excluding carboxylic acids is 1. The fourth-order valence-corrected chi connectivity index (χ4v) is 2.44. The molecule has 0 N–H and O–H groups in total. The van der Waals surface area contributed by atoms with Crippen molar-refractivity contribution < 1.29 is 9.21 Å². The van der Waals surface area contributed by atoms with E-state index in [2.05, 4.69) is 15.2 Å². The molecule has 0 atom stereocenters. The van der Waals surface area contributed by atoms with Crippen LogP contribution in [0.3, 0.4) is 0 Å². The molecule has 1 amide bonds. The third-order valence-corrected chi connectivity index (χ3v) is 3.58. The molecular weight excluding hydrogens is 292 g/mol. The molecule has 0 spiro atoms. The molecule has 0 unspecified atom stereocenters. The number of pyridine rings is 1. The summed E-state index contributed by atoms with van der Waals surface area (Å²) in [5.41, 5.74) is 1.87. The van der Waals surface area contributed by atoms with Gasteiger partial charge < -0.3 is 9.32 Å². The first kappa shape index (κ1) is 15.1. The monoisotopic (exact) mass is 310 g/mol. The number of carbonyl (C=O) groups is 1. The molecule has 118 valence electrons. The van der Waals surface area contributed by atoms with Crippen LogP contribution in [-0.2, 0) is 13.0 Å². The molecule has 0 fully saturated rings. The van der Waals surface area contributed by atoms with Crippen LogP contribution in [-0.4, -0.2) is 33.0 Å². The largest absolute Gasteiger partial charge is 0.417 e. The number of amides is 1. The van der Waals surface area contributed by atoms with Crippen molar-refractivity contribution in [2.75, 3.05) is 7.05 Å². The quantitative estimate of drug-likeness (QED) is 0.724. The Hall–Kier alpha value is -2.76. The molecule has 0 bridgehead atoms. The van der Waals surface area contributed by atoms with Crippen molar-refractivity contribution in [2.24, 2.45) is 0 Å².